The van der Waals surface area contributed by atoms with Gasteiger partial charge in [-0.05, 0) is 35.2 Å². The van der Waals surface area contributed by atoms with Crippen molar-refractivity contribution < 1.29 is 9.53 Å². The molecule has 2 aliphatic heterocycles. The fourth-order valence-electron chi connectivity index (χ4n) is 3.94. The first-order valence-corrected chi connectivity index (χ1v) is 9.42. The summed E-state index contributed by atoms with van der Waals surface area (Å²) in [7, 11) is 1.70. The molecule has 0 aliphatic carbocycles. The smallest absolute Gasteiger partial charge is 0.227 e. The van der Waals surface area contributed by atoms with Crippen LogP contribution < -0.4 is 0 Å². The lowest BCUT2D eigenvalue weighted by Gasteiger charge is -2.28. The Kier molecular flexibility index (Phi) is 4.37. The molecule has 128 valence electrons. The highest BCUT2D eigenvalue weighted by atomic mass is 32.1. The monoisotopic (exact) mass is 346 g/mol. The highest BCUT2D eigenvalue weighted by Crippen LogP contribution is 2.32. The molecular formula is C17H22N4O2S. The normalized spacial score (nSPS) is 22.5. The zero-order valence-electron chi connectivity index (χ0n) is 13.9. The number of hydrogen-bond acceptors (Lipinski definition) is 5. The minimum absolute atomic E-state index is 0.248. The average Bonchev–Trinajstić information content (AvgIpc) is 3.26. The lowest BCUT2D eigenvalue weighted by molar-refractivity contribution is -0.133. The first-order valence-electron chi connectivity index (χ1n) is 8.48. The molecule has 0 N–H and O–H groups in total. The van der Waals surface area contributed by atoms with E-state index in [4.69, 9.17) is 4.74 Å². The molecule has 0 spiro atoms. The van der Waals surface area contributed by atoms with E-state index < -0.39 is 0 Å². The van der Waals surface area contributed by atoms with Crippen LogP contribution in [0, 0.1) is 0 Å². The zero-order valence-corrected chi connectivity index (χ0v) is 14.7. The molecule has 1 fully saturated rings. The van der Waals surface area contributed by atoms with Crippen LogP contribution in [0.1, 0.15) is 30.1 Å². The Bertz CT molecular complexity index is 712. The van der Waals surface area contributed by atoms with Gasteiger partial charge in [0.1, 0.15) is 11.6 Å². The molecule has 2 aromatic rings. The number of carbonyl (C=O) groups is 1. The van der Waals surface area contributed by atoms with E-state index in [1.807, 2.05) is 11.4 Å². The van der Waals surface area contributed by atoms with Gasteiger partial charge < -0.3 is 14.2 Å². The number of nitrogens with zero attached hydrogens (tertiary/aromatic N) is 4. The molecule has 4 heterocycles. The quantitative estimate of drug-likeness (QED) is 0.827. The number of thiophene rings is 1. The predicted octanol–water partition coefficient (Wildman–Crippen LogP) is 1.69. The molecule has 0 aromatic carbocycles. The Balaban J connectivity index is 1.53. The van der Waals surface area contributed by atoms with Gasteiger partial charge in [0.05, 0.1) is 19.1 Å². The van der Waals surface area contributed by atoms with Crippen molar-refractivity contribution in [2.75, 3.05) is 13.7 Å². The summed E-state index contributed by atoms with van der Waals surface area (Å²) in [5.41, 5.74) is 1.12. The van der Waals surface area contributed by atoms with Gasteiger partial charge in [-0.15, -0.1) is 10.2 Å². The van der Waals surface area contributed by atoms with Crippen LogP contribution >= 0.6 is 11.3 Å². The molecule has 0 saturated carbocycles. The third-order valence-electron chi connectivity index (χ3n) is 5.09. The van der Waals surface area contributed by atoms with Crippen LogP contribution in [0.3, 0.4) is 0 Å². The van der Waals surface area contributed by atoms with Crippen molar-refractivity contribution in [3.63, 3.8) is 0 Å². The Hall–Kier alpha value is -1.73. The Labute approximate surface area is 145 Å². The fraction of sp³-hybridized carbons (Fsp3) is 0.588. The van der Waals surface area contributed by atoms with Crippen LogP contribution in [0.5, 0.6) is 0 Å². The molecular weight excluding hydrogens is 324 g/mol. The maximum absolute atomic E-state index is 12.9. The number of amides is 1. The minimum Gasteiger partial charge on any atom is -0.384 e. The summed E-state index contributed by atoms with van der Waals surface area (Å²) in [4.78, 5) is 15.0. The van der Waals surface area contributed by atoms with E-state index in [1.165, 1.54) is 0 Å². The SMILES string of the molecule is COCCc1nnc2n1C[C@H]1CC[C@@H](C2)N1C(=O)Cc1ccsc1. The molecule has 1 saturated heterocycles. The van der Waals surface area contributed by atoms with Crippen molar-refractivity contribution in [1.82, 2.24) is 19.7 Å². The van der Waals surface area contributed by atoms with Crippen LogP contribution in [-0.2, 0) is 35.3 Å². The van der Waals surface area contributed by atoms with Gasteiger partial charge in [0.15, 0.2) is 0 Å². The van der Waals surface area contributed by atoms with Crippen molar-refractivity contribution in [2.45, 2.75) is 50.7 Å². The van der Waals surface area contributed by atoms with E-state index in [1.54, 1.807) is 18.4 Å². The molecule has 6 nitrogen and oxygen atoms in total. The summed E-state index contributed by atoms with van der Waals surface area (Å²) >= 11 is 1.65. The number of carbonyl (C=O) groups excluding carboxylic acids is 1. The van der Waals surface area contributed by atoms with E-state index in [0.29, 0.717) is 13.0 Å². The summed E-state index contributed by atoms with van der Waals surface area (Å²) in [6.45, 7) is 1.46. The van der Waals surface area contributed by atoms with Crippen molar-refractivity contribution in [3.8, 4) is 0 Å². The summed E-state index contributed by atoms with van der Waals surface area (Å²) in [5, 5.41) is 12.8. The van der Waals surface area contributed by atoms with Gasteiger partial charge in [0, 0.05) is 32.5 Å². The molecule has 2 atom stereocenters. The summed E-state index contributed by atoms with van der Waals surface area (Å²) < 4.78 is 7.39. The third kappa shape index (κ3) is 2.86. The standard InChI is InChI=1S/C17H22N4O2S/c1-23-6-4-15-18-19-16-9-13-2-3-14(10-20(15)16)21(13)17(22)8-12-5-7-24-11-12/h5,7,11,13-14H,2-4,6,8-10H2,1H3/t13-,14+/m0/s1. The molecule has 4 rings (SSSR count). The highest BCUT2D eigenvalue weighted by molar-refractivity contribution is 7.08. The molecule has 2 aliphatic rings. The Morgan fingerprint density at radius 1 is 1.38 bits per heavy atom. The van der Waals surface area contributed by atoms with Gasteiger partial charge in [-0.25, -0.2) is 0 Å². The second kappa shape index (κ2) is 6.64. The van der Waals surface area contributed by atoms with E-state index >= 15 is 0 Å². The summed E-state index contributed by atoms with van der Waals surface area (Å²) in [6.07, 6.45) is 4.23. The molecule has 7 heteroatoms. The van der Waals surface area contributed by atoms with Crippen LogP contribution in [0.4, 0.5) is 0 Å². The first kappa shape index (κ1) is 15.8. The van der Waals surface area contributed by atoms with Gasteiger partial charge in [-0.1, -0.05) is 0 Å². The molecule has 2 bridgehead atoms. The van der Waals surface area contributed by atoms with Crippen molar-refractivity contribution in [1.29, 1.82) is 0 Å². The molecule has 0 radical (unpaired) electrons. The van der Waals surface area contributed by atoms with Crippen LogP contribution in [0.25, 0.3) is 0 Å². The van der Waals surface area contributed by atoms with Crippen LogP contribution in [-0.4, -0.2) is 51.4 Å². The fourth-order valence-corrected chi connectivity index (χ4v) is 4.61. The third-order valence-corrected chi connectivity index (χ3v) is 5.82. The number of aromatic nitrogens is 3. The van der Waals surface area contributed by atoms with Gasteiger partial charge >= 0.3 is 0 Å². The average molecular weight is 346 g/mol. The van der Waals surface area contributed by atoms with Gasteiger partial charge in [-0.2, -0.15) is 11.3 Å². The van der Waals surface area contributed by atoms with E-state index in [0.717, 1.165) is 49.4 Å². The molecule has 24 heavy (non-hydrogen) atoms. The second-order valence-electron chi connectivity index (χ2n) is 6.58. The zero-order chi connectivity index (χ0) is 16.5. The Morgan fingerprint density at radius 2 is 2.25 bits per heavy atom. The maximum Gasteiger partial charge on any atom is 0.227 e. The van der Waals surface area contributed by atoms with Crippen LogP contribution in [0.15, 0.2) is 16.8 Å². The topological polar surface area (TPSA) is 60.3 Å². The van der Waals surface area contributed by atoms with Crippen molar-refractivity contribution >= 4 is 17.2 Å². The van der Waals surface area contributed by atoms with Crippen molar-refractivity contribution in [3.05, 3.63) is 34.0 Å². The second-order valence-corrected chi connectivity index (χ2v) is 7.36. The Morgan fingerprint density at radius 3 is 3.04 bits per heavy atom. The van der Waals surface area contributed by atoms with E-state index in [9.17, 15) is 4.79 Å². The van der Waals surface area contributed by atoms with Crippen molar-refractivity contribution in [2.24, 2.45) is 0 Å². The van der Waals surface area contributed by atoms with Gasteiger partial charge in [0.2, 0.25) is 5.91 Å². The lowest BCUT2D eigenvalue weighted by Crippen LogP contribution is -2.43. The minimum atomic E-state index is 0.248. The summed E-state index contributed by atoms with van der Waals surface area (Å²) in [6, 6.07) is 2.57. The maximum atomic E-state index is 12.9. The number of hydrogen-bond donors (Lipinski definition) is 0. The van der Waals surface area contributed by atoms with Gasteiger partial charge in [0.25, 0.3) is 0 Å². The highest BCUT2D eigenvalue weighted by Gasteiger charge is 2.40. The number of ether oxygens (including phenoxy) is 1. The van der Waals surface area contributed by atoms with E-state index in [2.05, 4.69) is 25.0 Å². The molecule has 1 amide bonds. The van der Waals surface area contributed by atoms with Gasteiger partial charge in [-0.3, -0.25) is 4.79 Å². The summed E-state index contributed by atoms with van der Waals surface area (Å²) in [5.74, 6) is 2.24. The molecule has 0 unspecified atom stereocenters. The van der Waals surface area contributed by atoms with E-state index in [-0.39, 0.29) is 18.0 Å². The lowest BCUT2D eigenvalue weighted by atomic mass is 10.1. The largest absolute Gasteiger partial charge is 0.384 e. The molecule has 2 aromatic heterocycles. The number of rotatable bonds is 5. The number of fused-ring (bicyclic) bond motifs is 3. The first-order chi connectivity index (χ1) is 11.8. The van der Waals surface area contributed by atoms with Crippen LogP contribution in [0.2, 0.25) is 0 Å². The number of methoxy groups -OCH3 is 1. The predicted molar refractivity (Wildman–Crippen MR) is 91.0 cm³/mol.